The molecular weight excluding hydrogens is 232 g/mol. The molecule has 0 aromatic heterocycles. The first kappa shape index (κ1) is 15.3. The van der Waals surface area contributed by atoms with E-state index in [-0.39, 0.29) is 0 Å². The molecule has 2 atom stereocenters. The molecule has 1 N–H and O–H groups in total. The number of nitrogens with one attached hydrogen (secondary N) is 1. The van der Waals surface area contributed by atoms with Crippen LogP contribution in [0.15, 0.2) is 0 Å². The van der Waals surface area contributed by atoms with Gasteiger partial charge in [0.05, 0.1) is 0 Å². The summed E-state index contributed by atoms with van der Waals surface area (Å²) in [6.45, 7) is 12.0. The largest absolute Gasteiger partial charge is 0.308 e. The van der Waals surface area contributed by atoms with E-state index < -0.39 is 0 Å². The zero-order valence-corrected chi connectivity index (χ0v) is 13.5. The average Bonchev–Trinajstić information content (AvgIpc) is 2.84. The Morgan fingerprint density at radius 2 is 1.84 bits per heavy atom. The Morgan fingerprint density at radius 3 is 2.42 bits per heavy atom. The third-order valence-electron chi connectivity index (χ3n) is 5.43. The maximum atomic E-state index is 3.90. The molecule has 1 spiro atoms. The Bertz CT molecular complexity index is 268. The van der Waals surface area contributed by atoms with Crippen LogP contribution >= 0.6 is 0 Å². The standard InChI is InChI=1S/C17H34N2/c1-5-16-12-18-17(10-6-7-11-17)13-19(16)15(4)9-8-14(2)3/h14-16,18H,5-13H2,1-4H3. The number of nitrogens with zero attached hydrogens (tertiary/aromatic N) is 1. The van der Waals surface area contributed by atoms with E-state index in [1.54, 1.807) is 0 Å². The average molecular weight is 266 g/mol. The number of hydrogen-bond donors (Lipinski definition) is 1. The highest BCUT2D eigenvalue weighted by atomic mass is 15.3. The van der Waals surface area contributed by atoms with Crippen LogP contribution in [-0.2, 0) is 0 Å². The summed E-state index contributed by atoms with van der Waals surface area (Å²) in [7, 11) is 0. The highest BCUT2D eigenvalue weighted by molar-refractivity contribution is 5.01. The molecule has 2 unspecified atom stereocenters. The zero-order chi connectivity index (χ0) is 13.9. The summed E-state index contributed by atoms with van der Waals surface area (Å²) in [6, 6.07) is 1.51. The van der Waals surface area contributed by atoms with Gasteiger partial charge in [-0.05, 0) is 44.9 Å². The van der Waals surface area contributed by atoms with Gasteiger partial charge < -0.3 is 5.32 Å². The van der Waals surface area contributed by atoms with Gasteiger partial charge in [-0.3, -0.25) is 4.90 Å². The fraction of sp³-hybridized carbons (Fsp3) is 1.00. The first-order valence-electron chi connectivity index (χ1n) is 8.57. The Balaban J connectivity index is 1.96. The van der Waals surface area contributed by atoms with Gasteiger partial charge in [0.15, 0.2) is 0 Å². The van der Waals surface area contributed by atoms with Crippen LogP contribution < -0.4 is 5.32 Å². The van der Waals surface area contributed by atoms with Crippen LogP contribution in [0, 0.1) is 5.92 Å². The molecule has 2 heteroatoms. The fourth-order valence-electron chi connectivity index (χ4n) is 4.01. The SMILES string of the molecule is CCC1CNC2(CCCC2)CN1C(C)CCC(C)C. The van der Waals surface area contributed by atoms with Crippen molar-refractivity contribution < 1.29 is 0 Å². The van der Waals surface area contributed by atoms with Crippen molar-refractivity contribution in [2.75, 3.05) is 13.1 Å². The Hall–Kier alpha value is -0.0800. The molecule has 0 aromatic carbocycles. The van der Waals surface area contributed by atoms with Gasteiger partial charge in [0.25, 0.3) is 0 Å². The van der Waals surface area contributed by atoms with Crippen LogP contribution in [0.3, 0.4) is 0 Å². The number of rotatable bonds is 5. The minimum atomic E-state index is 0.470. The smallest absolute Gasteiger partial charge is 0.0309 e. The van der Waals surface area contributed by atoms with Gasteiger partial charge in [-0.2, -0.15) is 0 Å². The Kier molecular flexibility index (Phi) is 5.30. The molecule has 112 valence electrons. The van der Waals surface area contributed by atoms with Gasteiger partial charge in [-0.1, -0.05) is 33.6 Å². The monoisotopic (exact) mass is 266 g/mol. The molecular formula is C17H34N2. The van der Waals surface area contributed by atoms with Crippen LogP contribution in [0.2, 0.25) is 0 Å². The lowest BCUT2D eigenvalue weighted by Crippen LogP contribution is -2.64. The van der Waals surface area contributed by atoms with Gasteiger partial charge in [-0.15, -0.1) is 0 Å². The zero-order valence-electron chi connectivity index (χ0n) is 13.5. The molecule has 1 saturated heterocycles. The third kappa shape index (κ3) is 3.72. The summed E-state index contributed by atoms with van der Waals surface area (Å²) in [5, 5.41) is 3.90. The second-order valence-electron chi connectivity index (χ2n) is 7.42. The molecule has 2 aliphatic rings. The normalized spacial score (nSPS) is 29.2. The molecule has 1 aliphatic carbocycles. The predicted octanol–water partition coefficient (Wildman–Crippen LogP) is 3.81. The van der Waals surface area contributed by atoms with Crippen LogP contribution in [0.4, 0.5) is 0 Å². The second-order valence-corrected chi connectivity index (χ2v) is 7.42. The van der Waals surface area contributed by atoms with E-state index in [4.69, 9.17) is 0 Å². The van der Waals surface area contributed by atoms with E-state index in [1.807, 2.05) is 0 Å². The van der Waals surface area contributed by atoms with E-state index in [0.29, 0.717) is 5.54 Å². The summed E-state index contributed by atoms with van der Waals surface area (Å²) < 4.78 is 0. The van der Waals surface area contributed by atoms with Gasteiger partial charge >= 0.3 is 0 Å². The van der Waals surface area contributed by atoms with Gasteiger partial charge in [0.1, 0.15) is 0 Å². The van der Waals surface area contributed by atoms with E-state index in [0.717, 1.165) is 18.0 Å². The van der Waals surface area contributed by atoms with Crippen molar-refractivity contribution in [3.8, 4) is 0 Å². The molecule has 2 fully saturated rings. The van der Waals surface area contributed by atoms with E-state index in [9.17, 15) is 0 Å². The lowest BCUT2D eigenvalue weighted by Gasteiger charge is -2.49. The molecule has 0 bridgehead atoms. The van der Waals surface area contributed by atoms with E-state index >= 15 is 0 Å². The van der Waals surface area contributed by atoms with Gasteiger partial charge in [-0.25, -0.2) is 0 Å². The maximum absolute atomic E-state index is 3.90. The van der Waals surface area contributed by atoms with Crippen molar-refractivity contribution >= 4 is 0 Å². The maximum Gasteiger partial charge on any atom is 0.0309 e. The quantitative estimate of drug-likeness (QED) is 0.814. The van der Waals surface area contributed by atoms with Crippen LogP contribution in [0.5, 0.6) is 0 Å². The minimum absolute atomic E-state index is 0.470. The van der Waals surface area contributed by atoms with E-state index in [2.05, 4.69) is 37.9 Å². The summed E-state index contributed by atoms with van der Waals surface area (Å²) >= 11 is 0. The van der Waals surface area contributed by atoms with Crippen molar-refractivity contribution in [3.63, 3.8) is 0 Å². The molecule has 1 heterocycles. The molecule has 2 rings (SSSR count). The number of piperazine rings is 1. The van der Waals surface area contributed by atoms with Crippen LogP contribution in [-0.4, -0.2) is 35.6 Å². The lowest BCUT2D eigenvalue weighted by molar-refractivity contribution is 0.0420. The highest BCUT2D eigenvalue weighted by Gasteiger charge is 2.41. The summed E-state index contributed by atoms with van der Waals surface area (Å²) in [4.78, 5) is 2.84. The first-order valence-corrected chi connectivity index (χ1v) is 8.57. The topological polar surface area (TPSA) is 15.3 Å². The lowest BCUT2D eigenvalue weighted by atomic mass is 9.89. The molecule has 0 radical (unpaired) electrons. The van der Waals surface area contributed by atoms with E-state index in [1.165, 1.54) is 58.0 Å². The molecule has 0 aromatic rings. The van der Waals surface area contributed by atoms with Crippen molar-refractivity contribution in [2.45, 2.75) is 90.3 Å². The van der Waals surface area contributed by atoms with Crippen molar-refractivity contribution in [2.24, 2.45) is 5.92 Å². The molecule has 0 amide bonds. The third-order valence-corrected chi connectivity index (χ3v) is 5.43. The van der Waals surface area contributed by atoms with Crippen LogP contribution in [0.1, 0.15) is 72.6 Å². The summed E-state index contributed by atoms with van der Waals surface area (Å²) in [5.74, 6) is 0.839. The number of hydrogen-bond acceptors (Lipinski definition) is 2. The van der Waals surface area contributed by atoms with Gasteiger partial charge in [0.2, 0.25) is 0 Å². The Labute approximate surface area is 120 Å². The predicted molar refractivity (Wildman–Crippen MR) is 83.5 cm³/mol. The first-order chi connectivity index (χ1) is 9.06. The van der Waals surface area contributed by atoms with Crippen LogP contribution in [0.25, 0.3) is 0 Å². The van der Waals surface area contributed by atoms with Gasteiger partial charge in [0, 0.05) is 30.7 Å². The molecule has 19 heavy (non-hydrogen) atoms. The fourth-order valence-corrected chi connectivity index (χ4v) is 4.01. The highest BCUT2D eigenvalue weighted by Crippen LogP contribution is 2.34. The molecule has 2 nitrogen and oxygen atoms in total. The van der Waals surface area contributed by atoms with Crippen molar-refractivity contribution in [1.82, 2.24) is 10.2 Å². The van der Waals surface area contributed by atoms with Crippen molar-refractivity contribution in [1.29, 1.82) is 0 Å². The second kappa shape index (κ2) is 6.58. The molecule has 1 saturated carbocycles. The minimum Gasteiger partial charge on any atom is -0.308 e. The summed E-state index contributed by atoms with van der Waals surface area (Å²) in [5.41, 5.74) is 0.470. The summed E-state index contributed by atoms with van der Waals surface area (Å²) in [6.07, 6.45) is 9.68. The molecule has 1 aliphatic heterocycles. The van der Waals surface area contributed by atoms with Crippen molar-refractivity contribution in [3.05, 3.63) is 0 Å². The Morgan fingerprint density at radius 1 is 1.16 bits per heavy atom.